The maximum atomic E-state index is 10.9. The Labute approximate surface area is 82.2 Å². The molecule has 0 aromatic carbocycles. The molecular formula is C9H15NO4. The Morgan fingerprint density at radius 1 is 1.43 bits per heavy atom. The van der Waals surface area contributed by atoms with Gasteiger partial charge in [-0.3, -0.25) is 4.79 Å². The second-order valence-corrected chi connectivity index (χ2v) is 3.96. The van der Waals surface area contributed by atoms with Crippen LogP contribution in [0.4, 0.5) is 0 Å². The Hall–Kier alpha value is -0.650. The number of hydrogen-bond donors (Lipinski definition) is 2. The van der Waals surface area contributed by atoms with E-state index < -0.39 is 17.7 Å². The van der Waals surface area contributed by atoms with Crippen LogP contribution in [0.5, 0.6) is 0 Å². The summed E-state index contributed by atoms with van der Waals surface area (Å²) in [5.74, 6) is -2.05. The number of hydrogen-bond acceptors (Lipinski definition) is 4. The van der Waals surface area contributed by atoms with Gasteiger partial charge in [-0.2, -0.15) is 0 Å². The van der Waals surface area contributed by atoms with Crippen LogP contribution in [0, 0.1) is 5.92 Å². The molecule has 0 aromatic rings. The summed E-state index contributed by atoms with van der Waals surface area (Å²) < 4.78 is 10.9. The second-order valence-electron chi connectivity index (χ2n) is 3.96. The molecule has 5 heteroatoms. The van der Waals surface area contributed by atoms with E-state index in [0.717, 1.165) is 0 Å². The standard InChI is InChI=1S/C9H15NO4/c10-7-1-2-9(13-3-4-14-9)5-6(7)8(11)12/h6-7H,1-5,10H2,(H,11,12). The Kier molecular flexibility index (Phi) is 2.47. The van der Waals surface area contributed by atoms with Crippen LogP contribution in [0.2, 0.25) is 0 Å². The largest absolute Gasteiger partial charge is 0.481 e. The van der Waals surface area contributed by atoms with Crippen LogP contribution in [0.25, 0.3) is 0 Å². The molecule has 14 heavy (non-hydrogen) atoms. The van der Waals surface area contributed by atoms with Gasteiger partial charge in [-0.1, -0.05) is 0 Å². The minimum Gasteiger partial charge on any atom is -0.481 e. The van der Waals surface area contributed by atoms with E-state index in [1.807, 2.05) is 0 Å². The predicted octanol–water partition coefficient (Wildman–Crippen LogP) is -0.0585. The summed E-state index contributed by atoms with van der Waals surface area (Å²) in [6.45, 7) is 1.11. The van der Waals surface area contributed by atoms with Gasteiger partial charge in [0, 0.05) is 18.9 Å². The van der Waals surface area contributed by atoms with Crippen molar-refractivity contribution < 1.29 is 19.4 Å². The van der Waals surface area contributed by atoms with Crippen LogP contribution in [0.15, 0.2) is 0 Å². The molecule has 1 saturated carbocycles. The van der Waals surface area contributed by atoms with Crippen molar-refractivity contribution in [1.82, 2.24) is 0 Å². The Morgan fingerprint density at radius 3 is 2.64 bits per heavy atom. The lowest BCUT2D eigenvalue weighted by Crippen LogP contribution is -2.48. The molecule has 1 heterocycles. The number of carbonyl (C=O) groups is 1. The van der Waals surface area contributed by atoms with Crippen molar-refractivity contribution >= 4 is 5.97 Å². The van der Waals surface area contributed by atoms with Crippen molar-refractivity contribution in [2.45, 2.75) is 31.1 Å². The third-order valence-corrected chi connectivity index (χ3v) is 3.04. The van der Waals surface area contributed by atoms with Crippen molar-refractivity contribution in [3.05, 3.63) is 0 Å². The summed E-state index contributed by atoms with van der Waals surface area (Å²) in [5, 5.41) is 8.96. The molecule has 2 aliphatic rings. The van der Waals surface area contributed by atoms with E-state index in [4.69, 9.17) is 20.3 Å². The first kappa shape index (κ1) is 9.89. The van der Waals surface area contributed by atoms with Gasteiger partial charge in [0.1, 0.15) is 0 Å². The summed E-state index contributed by atoms with van der Waals surface area (Å²) >= 11 is 0. The zero-order valence-corrected chi connectivity index (χ0v) is 7.94. The molecule has 1 saturated heterocycles. The average Bonchev–Trinajstić information content (AvgIpc) is 2.58. The Morgan fingerprint density at radius 2 is 2.07 bits per heavy atom. The third kappa shape index (κ3) is 1.63. The lowest BCUT2D eigenvalue weighted by Gasteiger charge is -2.37. The lowest BCUT2D eigenvalue weighted by atomic mass is 9.81. The minimum atomic E-state index is -0.851. The van der Waals surface area contributed by atoms with E-state index >= 15 is 0 Å². The topological polar surface area (TPSA) is 81.8 Å². The first-order valence-corrected chi connectivity index (χ1v) is 4.89. The first-order valence-electron chi connectivity index (χ1n) is 4.89. The molecular weight excluding hydrogens is 186 g/mol. The fraction of sp³-hybridized carbons (Fsp3) is 0.889. The molecule has 2 fully saturated rings. The van der Waals surface area contributed by atoms with Crippen LogP contribution in [-0.2, 0) is 14.3 Å². The number of aliphatic carboxylic acids is 1. The fourth-order valence-corrected chi connectivity index (χ4v) is 2.21. The van der Waals surface area contributed by atoms with Crippen molar-refractivity contribution in [2.75, 3.05) is 13.2 Å². The molecule has 3 N–H and O–H groups in total. The summed E-state index contributed by atoms with van der Waals surface area (Å²) in [6.07, 6.45) is 1.73. The van der Waals surface area contributed by atoms with Crippen LogP contribution < -0.4 is 5.73 Å². The highest BCUT2D eigenvalue weighted by Gasteiger charge is 2.46. The van der Waals surface area contributed by atoms with Crippen molar-refractivity contribution in [3.8, 4) is 0 Å². The van der Waals surface area contributed by atoms with Crippen LogP contribution in [0.3, 0.4) is 0 Å². The number of nitrogens with two attached hydrogens (primary N) is 1. The lowest BCUT2D eigenvalue weighted by molar-refractivity contribution is -0.195. The van der Waals surface area contributed by atoms with Gasteiger partial charge in [-0.25, -0.2) is 0 Å². The third-order valence-electron chi connectivity index (χ3n) is 3.04. The quantitative estimate of drug-likeness (QED) is 0.621. The number of rotatable bonds is 1. The zero-order valence-electron chi connectivity index (χ0n) is 7.94. The van der Waals surface area contributed by atoms with Crippen molar-refractivity contribution in [3.63, 3.8) is 0 Å². The van der Waals surface area contributed by atoms with Crippen LogP contribution >= 0.6 is 0 Å². The SMILES string of the molecule is NC1CCC2(CC1C(=O)O)OCCO2. The van der Waals surface area contributed by atoms with Gasteiger partial charge in [-0.15, -0.1) is 0 Å². The van der Waals surface area contributed by atoms with Gasteiger partial charge < -0.3 is 20.3 Å². The summed E-state index contributed by atoms with van der Waals surface area (Å²) in [6, 6.07) is -0.272. The number of carboxylic acids is 1. The molecule has 0 aromatic heterocycles. The summed E-state index contributed by atoms with van der Waals surface area (Å²) in [7, 11) is 0. The highest BCUT2D eigenvalue weighted by atomic mass is 16.7. The second kappa shape index (κ2) is 3.49. The Bertz CT molecular complexity index is 237. The van der Waals surface area contributed by atoms with Gasteiger partial charge in [-0.05, 0) is 6.42 Å². The molecule has 0 amide bonds. The van der Waals surface area contributed by atoms with Crippen LogP contribution in [0.1, 0.15) is 19.3 Å². The molecule has 0 radical (unpaired) electrons. The highest BCUT2D eigenvalue weighted by molar-refractivity contribution is 5.71. The smallest absolute Gasteiger partial charge is 0.308 e. The summed E-state index contributed by atoms with van der Waals surface area (Å²) in [5.41, 5.74) is 5.74. The van der Waals surface area contributed by atoms with Gasteiger partial charge in [0.15, 0.2) is 5.79 Å². The highest BCUT2D eigenvalue weighted by Crippen LogP contribution is 2.38. The maximum absolute atomic E-state index is 10.9. The fourth-order valence-electron chi connectivity index (χ4n) is 2.21. The molecule has 0 bridgehead atoms. The van der Waals surface area contributed by atoms with E-state index in [1.165, 1.54) is 0 Å². The number of ether oxygens (including phenoxy) is 2. The van der Waals surface area contributed by atoms with Crippen molar-refractivity contribution in [1.29, 1.82) is 0 Å². The molecule has 2 rings (SSSR count). The van der Waals surface area contributed by atoms with Gasteiger partial charge in [0.2, 0.25) is 0 Å². The molecule has 80 valence electrons. The monoisotopic (exact) mass is 201 g/mol. The minimum absolute atomic E-state index is 0.272. The van der Waals surface area contributed by atoms with E-state index in [2.05, 4.69) is 0 Å². The van der Waals surface area contributed by atoms with Gasteiger partial charge in [0.25, 0.3) is 0 Å². The van der Waals surface area contributed by atoms with Crippen molar-refractivity contribution in [2.24, 2.45) is 11.7 Å². The predicted molar refractivity (Wildman–Crippen MR) is 47.6 cm³/mol. The molecule has 2 atom stereocenters. The molecule has 5 nitrogen and oxygen atoms in total. The van der Waals surface area contributed by atoms with Gasteiger partial charge in [0.05, 0.1) is 19.1 Å². The molecule has 1 spiro atoms. The Balaban J connectivity index is 2.08. The van der Waals surface area contributed by atoms with Gasteiger partial charge >= 0.3 is 5.97 Å². The van der Waals surface area contributed by atoms with E-state index in [1.54, 1.807) is 0 Å². The molecule has 1 aliphatic carbocycles. The normalized spacial score (nSPS) is 36.1. The van der Waals surface area contributed by atoms with E-state index in [-0.39, 0.29) is 6.04 Å². The van der Waals surface area contributed by atoms with Crippen LogP contribution in [-0.4, -0.2) is 36.1 Å². The zero-order chi connectivity index (χ0) is 10.2. The van der Waals surface area contributed by atoms with E-state index in [9.17, 15) is 4.79 Å². The average molecular weight is 201 g/mol. The van der Waals surface area contributed by atoms with E-state index in [0.29, 0.717) is 32.5 Å². The summed E-state index contributed by atoms with van der Waals surface area (Å²) in [4.78, 5) is 10.9. The number of carboxylic acid groups (broad SMARTS) is 1. The molecule has 2 unspecified atom stereocenters. The molecule has 1 aliphatic heterocycles. The first-order chi connectivity index (χ1) is 6.63. The maximum Gasteiger partial charge on any atom is 0.308 e.